The van der Waals surface area contributed by atoms with Crippen molar-refractivity contribution in [3.05, 3.63) is 59.2 Å². The number of carboxylic acids is 1. The lowest BCUT2D eigenvalue weighted by Crippen LogP contribution is -2.47. The number of aryl methyl sites for hydroxylation is 1. The smallest absolute Gasteiger partial charge is 0.335 e. The van der Waals surface area contributed by atoms with E-state index in [1.807, 2.05) is 11.0 Å². The number of rotatable bonds is 8. The van der Waals surface area contributed by atoms with Crippen molar-refractivity contribution in [2.24, 2.45) is 0 Å². The van der Waals surface area contributed by atoms with Crippen molar-refractivity contribution >= 4 is 22.8 Å². The molecule has 2 heterocycles. The SMILES string of the molecule is CCN(CC)C1CCN(C(=O)Cn2c(-c3ccc(C)cc3)c(C3CCCCC3)c3ccc(C(=O)O)cc32)CC1. The standard InChI is InChI=1S/C33H43N3O3/c1-4-34(5-2)27-17-19-35(20-18-27)30(37)22-36-29-21-26(33(38)39)15-16-28(29)31(24-9-7-6-8-10-24)32(36)25-13-11-23(3)12-14-25/h11-16,21,24,27H,4-10,17-20,22H2,1-3H3,(H,38,39). The van der Waals surface area contributed by atoms with Gasteiger partial charge in [0, 0.05) is 24.5 Å². The maximum atomic E-state index is 13.8. The molecule has 2 aromatic carbocycles. The highest BCUT2D eigenvalue weighted by atomic mass is 16.4. The van der Waals surface area contributed by atoms with E-state index in [-0.39, 0.29) is 18.0 Å². The number of aromatic carboxylic acids is 1. The fourth-order valence-electron chi connectivity index (χ4n) is 6.96. The van der Waals surface area contributed by atoms with Crippen molar-refractivity contribution in [1.82, 2.24) is 14.4 Å². The molecule has 1 aliphatic carbocycles. The lowest BCUT2D eigenvalue weighted by atomic mass is 9.81. The molecule has 208 valence electrons. The predicted molar refractivity (Wildman–Crippen MR) is 157 cm³/mol. The second-order valence-corrected chi connectivity index (χ2v) is 11.4. The van der Waals surface area contributed by atoms with Gasteiger partial charge in [-0.25, -0.2) is 4.79 Å². The first-order valence-electron chi connectivity index (χ1n) is 14.9. The Labute approximate surface area is 232 Å². The molecule has 6 heteroatoms. The van der Waals surface area contributed by atoms with Gasteiger partial charge in [0.15, 0.2) is 0 Å². The van der Waals surface area contributed by atoms with Gasteiger partial charge in [0.25, 0.3) is 0 Å². The number of likely N-dealkylation sites (tertiary alicyclic amines) is 1. The summed E-state index contributed by atoms with van der Waals surface area (Å²) in [5.74, 6) is -0.408. The van der Waals surface area contributed by atoms with Gasteiger partial charge < -0.3 is 19.5 Å². The molecular formula is C33H43N3O3. The van der Waals surface area contributed by atoms with Gasteiger partial charge in [-0.15, -0.1) is 0 Å². The van der Waals surface area contributed by atoms with E-state index in [1.165, 1.54) is 30.4 Å². The quantitative estimate of drug-likeness (QED) is 0.353. The van der Waals surface area contributed by atoms with E-state index < -0.39 is 5.97 Å². The van der Waals surface area contributed by atoms with Crippen molar-refractivity contribution in [2.75, 3.05) is 26.2 Å². The molecule has 0 bridgehead atoms. The van der Waals surface area contributed by atoms with E-state index in [9.17, 15) is 14.7 Å². The highest BCUT2D eigenvalue weighted by Crippen LogP contribution is 2.44. The minimum atomic E-state index is -0.939. The van der Waals surface area contributed by atoms with Crippen molar-refractivity contribution in [1.29, 1.82) is 0 Å². The molecule has 2 fully saturated rings. The number of carbonyl (C=O) groups is 2. The van der Waals surface area contributed by atoms with Crippen molar-refractivity contribution in [3.63, 3.8) is 0 Å². The maximum absolute atomic E-state index is 13.8. The third kappa shape index (κ3) is 5.62. The number of benzene rings is 2. The average Bonchev–Trinajstić information content (AvgIpc) is 3.28. The first-order chi connectivity index (χ1) is 18.9. The van der Waals surface area contributed by atoms with E-state index in [0.717, 1.165) is 74.0 Å². The largest absolute Gasteiger partial charge is 0.478 e. The van der Waals surface area contributed by atoms with Crippen molar-refractivity contribution in [2.45, 2.75) is 84.2 Å². The maximum Gasteiger partial charge on any atom is 0.335 e. The van der Waals surface area contributed by atoms with Gasteiger partial charge in [0.05, 0.1) is 16.8 Å². The van der Waals surface area contributed by atoms with Crippen LogP contribution in [0.25, 0.3) is 22.2 Å². The first kappa shape index (κ1) is 27.4. The summed E-state index contributed by atoms with van der Waals surface area (Å²) in [7, 11) is 0. The lowest BCUT2D eigenvalue weighted by Gasteiger charge is -2.37. The van der Waals surface area contributed by atoms with E-state index in [2.05, 4.69) is 54.5 Å². The van der Waals surface area contributed by atoms with Crippen LogP contribution in [0.1, 0.15) is 86.2 Å². The Morgan fingerprint density at radius 3 is 2.21 bits per heavy atom. The van der Waals surface area contributed by atoms with Crippen molar-refractivity contribution in [3.8, 4) is 11.3 Å². The third-order valence-corrected chi connectivity index (χ3v) is 9.13. The summed E-state index contributed by atoms with van der Waals surface area (Å²) in [6.45, 7) is 10.4. The van der Waals surface area contributed by atoms with Crippen LogP contribution in [0.15, 0.2) is 42.5 Å². The van der Waals surface area contributed by atoms with Crippen LogP contribution in [0.2, 0.25) is 0 Å². The van der Waals surface area contributed by atoms with Crippen LogP contribution < -0.4 is 0 Å². The molecule has 0 spiro atoms. The van der Waals surface area contributed by atoms with Crippen LogP contribution in [0.5, 0.6) is 0 Å². The van der Waals surface area contributed by atoms with Crippen LogP contribution in [0.4, 0.5) is 0 Å². The molecule has 3 aromatic rings. The van der Waals surface area contributed by atoms with E-state index in [0.29, 0.717) is 12.0 Å². The second kappa shape index (κ2) is 12.0. The molecule has 1 saturated carbocycles. The molecular weight excluding hydrogens is 486 g/mol. The summed E-state index contributed by atoms with van der Waals surface area (Å²) in [4.78, 5) is 30.3. The van der Waals surface area contributed by atoms with Crippen LogP contribution in [0, 0.1) is 6.92 Å². The second-order valence-electron chi connectivity index (χ2n) is 11.4. The molecule has 1 amide bonds. The lowest BCUT2D eigenvalue weighted by molar-refractivity contribution is -0.133. The zero-order chi connectivity index (χ0) is 27.5. The van der Waals surface area contributed by atoms with Gasteiger partial charge in [-0.3, -0.25) is 4.79 Å². The van der Waals surface area contributed by atoms with Crippen LogP contribution >= 0.6 is 0 Å². The Morgan fingerprint density at radius 2 is 1.59 bits per heavy atom. The summed E-state index contributed by atoms with van der Waals surface area (Å²) in [6, 6.07) is 14.6. The molecule has 0 radical (unpaired) electrons. The van der Waals surface area contributed by atoms with E-state index in [1.54, 1.807) is 12.1 Å². The monoisotopic (exact) mass is 529 g/mol. The number of carboxylic acid groups (broad SMARTS) is 1. The van der Waals surface area contributed by atoms with Gasteiger partial charge in [0.2, 0.25) is 5.91 Å². The minimum absolute atomic E-state index is 0.120. The van der Waals surface area contributed by atoms with E-state index in [4.69, 9.17) is 0 Å². The zero-order valence-corrected chi connectivity index (χ0v) is 23.8. The Hall–Kier alpha value is -3.12. The number of amides is 1. The Bertz CT molecular complexity index is 1310. The average molecular weight is 530 g/mol. The summed E-state index contributed by atoms with van der Waals surface area (Å²) < 4.78 is 2.13. The number of fused-ring (bicyclic) bond motifs is 1. The molecule has 0 atom stereocenters. The van der Waals surface area contributed by atoms with Gasteiger partial charge in [-0.1, -0.05) is 69.0 Å². The predicted octanol–water partition coefficient (Wildman–Crippen LogP) is 6.70. The topological polar surface area (TPSA) is 65.8 Å². The molecule has 39 heavy (non-hydrogen) atoms. The summed E-state index contributed by atoms with van der Waals surface area (Å²) in [6.07, 6.45) is 7.94. The number of carbonyl (C=O) groups excluding carboxylic acids is 1. The Morgan fingerprint density at radius 1 is 0.923 bits per heavy atom. The summed E-state index contributed by atoms with van der Waals surface area (Å²) in [5.41, 5.74) is 5.80. The number of hydrogen-bond acceptors (Lipinski definition) is 3. The Kier molecular flexibility index (Phi) is 8.41. The van der Waals surface area contributed by atoms with Gasteiger partial charge in [0.1, 0.15) is 6.54 Å². The van der Waals surface area contributed by atoms with Crippen molar-refractivity contribution < 1.29 is 14.7 Å². The van der Waals surface area contributed by atoms with Crippen LogP contribution in [-0.2, 0) is 11.3 Å². The third-order valence-electron chi connectivity index (χ3n) is 9.13. The normalized spacial score (nSPS) is 17.3. The Balaban J connectivity index is 1.57. The fraction of sp³-hybridized carbons (Fsp3) is 0.515. The molecule has 6 nitrogen and oxygen atoms in total. The highest BCUT2D eigenvalue weighted by molar-refractivity contribution is 5.99. The molecule has 1 aliphatic heterocycles. The number of hydrogen-bond donors (Lipinski definition) is 1. The summed E-state index contributed by atoms with van der Waals surface area (Å²) >= 11 is 0. The van der Waals surface area contributed by atoms with Gasteiger partial charge in [-0.05, 0) is 74.9 Å². The van der Waals surface area contributed by atoms with Gasteiger partial charge >= 0.3 is 5.97 Å². The van der Waals surface area contributed by atoms with Gasteiger partial charge in [-0.2, -0.15) is 0 Å². The number of aromatic nitrogens is 1. The zero-order valence-electron chi connectivity index (χ0n) is 23.8. The molecule has 1 saturated heterocycles. The van der Waals surface area contributed by atoms with Crippen LogP contribution in [-0.4, -0.2) is 63.6 Å². The fourth-order valence-corrected chi connectivity index (χ4v) is 6.96. The van der Waals surface area contributed by atoms with E-state index >= 15 is 0 Å². The van der Waals surface area contributed by atoms with Crippen LogP contribution in [0.3, 0.4) is 0 Å². The number of nitrogens with zero attached hydrogens (tertiary/aromatic N) is 3. The number of piperidine rings is 1. The molecule has 5 rings (SSSR count). The molecule has 1 N–H and O–H groups in total. The highest BCUT2D eigenvalue weighted by Gasteiger charge is 2.30. The molecule has 0 unspecified atom stereocenters. The molecule has 1 aromatic heterocycles. The minimum Gasteiger partial charge on any atom is -0.478 e. The first-order valence-corrected chi connectivity index (χ1v) is 14.9. The molecule has 2 aliphatic rings. The summed E-state index contributed by atoms with van der Waals surface area (Å²) in [5, 5.41) is 10.9.